The summed E-state index contributed by atoms with van der Waals surface area (Å²) in [6, 6.07) is 5.88. The molecule has 0 spiro atoms. The summed E-state index contributed by atoms with van der Waals surface area (Å²) in [7, 11) is 5.89. The summed E-state index contributed by atoms with van der Waals surface area (Å²) in [5.74, 6) is 0.00621. The minimum atomic E-state index is -0.899. The summed E-state index contributed by atoms with van der Waals surface area (Å²) in [6.07, 6.45) is 8.03. The number of likely N-dealkylation sites (N-methyl/N-ethyl adjacent to an activating group) is 1. The highest BCUT2D eigenvalue weighted by Crippen LogP contribution is 2.24. The third kappa shape index (κ3) is 6.74. The van der Waals surface area contributed by atoms with Crippen LogP contribution in [0.1, 0.15) is 30.4 Å². The van der Waals surface area contributed by atoms with Crippen LogP contribution < -0.4 is 0 Å². The molecule has 38 heavy (non-hydrogen) atoms. The van der Waals surface area contributed by atoms with E-state index >= 15 is 0 Å². The highest BCUT2D eigenvalue weighted by Gasteiger charge is 2.27. The predicted octanol–water partition coefficient (Wildman–Crippen LogP) is 3.87. The Labute approximate surface area is 223 Å². The Morgan fingerprint density at radius 2 is 1.87 bits per heavy atom. The van der Waals surface area contributed by atoms with E-state index in [2.05, 4.69) is 11.0 Å². The molecular formula is C28H36N4O6. The summed E-state index contributed by atoms with van der Waals surface area (Å²) in [4.78, 5) is 43.4. The highest BCUT2D eigenvalue weighted by atomic mass is 16.8. The lowest BCUT2D eigenvalue weighted by Gasteiger charge is -2.32. The molecule has 4 rings (SSSR count). The zero-order valence-electron chi connectivity index (χ0n) is 22.5. The van der Waals surface area contributed by atoms with Crippen molar-refractivity contribution in [3.8, 4) is 0 Å². The quantitative estimate of drug-likeness (QED) is 0.398. The maximum Gasteiger partial charge on any atom is 0.511 e. The molecule has 0 aliphatic carbocycles. The third-order valence-electron chi connectivity index (χ3n) is 6.73. The van der Waals surface area contributed by atoms with E-state index in [9.17, 15) is 14.4 Å². The lowest BCUT2D eigenvalue weighted by molar-refractivity contribution is -0.129. The maximum absolute atomic E-state index is 12.8. The molecule has 1 saturated heterocycles. The van der Waals surface area contributed by atoms with Gasteiger partial charge in [0, 0.05) is 62.9 Å². The molecule has 0 saturated carbocycles. The number of likely N-dealkylation sites (tertiary alicyclic amines) is 1. The largest absolute Gasteiger partial charge is 0.511 e. The van der Waals surface area contributed by atoms with Crippen LogP contribution in [0.3, 0.4) is 0 Å². The van der Waals surface area contributed by atoms with E-state index in [1.807, 2.05) is 63.6 Å². The molecule has 3 heterocycles. The van der Waals surface area contributed by atoms with Crippen LogP contribution in [-0.2, 0) is 25.4 Å². The molecule has 2 aliphatic heterocycles. The van der Waals surface area contributed by atoms with Gasteiger partial charge in [-0.05, 0) is 57.8 Å². The van der Waals surface area contributed by atoms with Crippen molar-refractivity contribution in [3.05, 3.63) is 59.6 Å². The molecule has 0 bridgehead atoms. The van der Waals surface area contributed by atoms with Gasteiger partial charge in [-0.3, -0.25) is 9.36 Å². The van der Waals surface area contributed by atoms with Gasteiger partial charge in [-0.2, -0.15) is 0 Å². The van der Waals surface area contributed by atoms with E-state index in [1.54, 1.807) is 11.1 Å². The molecule has 0 radical (unpaired) electrons. The minimum absolute atomic E-state index is 0.00621. The van der Waals surface area contributed by atoms with Gasteiger partial charge >= 0.3 is 12.2 Å². The fourth-order valence-electron chi connectivity index (χ4n) is 4.68. The van der Waals surface area contributed by atoms with E-state index in [0.717, 1.165) is 40.6 Å². The van der Waals surface area contributed by atoms with Crippen molar-refractivity contribution < 1.29 is 28.6 Å². The number of aromatic nitrogens is 1. The van der Waals surface area contributed by atoms with Gasteiger partial charge in [0.1, 0.15) is 6.10 Å². The second-order valence-corrected chi connectivity index (χ2v) is 10.0. The van der Waals surface area contributed by atoms with E-state index in [1.165, 1.54) is 4.57 Å². The number of carbonyl (C=O) groups excluding carboxylic acids is 3. The summed E-state index contributed by atoms with van der Waals surface area (Å²) < 4.78 is 17.0. The van der Waals surface area contributed by atoms with Gasteiger partial charge in [0.2, 0.25) is 6.79 Å². The molecule has 1 fully saturated rings. The Balaban J connectivity index is 1.24. The first kappa shape index (κ1) is 27.3. The van der Waals surface area contributed by atoms with Crippen LogP contribution in [0.25, 0.3) is 10.9 Å². The standard InChI is InChI=1S/C28H36N4O6/c1-20-7-8-25-24(16-20)21(9-13-29(2)3)18-32(25)27(34)36-19-37-28(35)38-23-10-14-31(15-11-23)26(33)22-6-5-12-30(4)17-22/h5,7-8,12,16-18,23H,6,9-11,13-15,19H2,1-4H3. The Morgan fingerprint density at radius 1 is 1.11 bits per heavy atom. The maximum atomic E-state index is 12.8. The fourth-order valence-corrected chi connectivity index (χ4v) is 4.68. The van der Waals surface area contributed by atoms with Gasteiger partial charge in [-0.1, -0.05) is 17.7 Å². The van der Waals surface area contributed by atoms with Crippen molar-refractivity contribution in [1.82, 2.24) is 19.3 Å². The molecule has 1 aromatic carbocycles. The number of rotatable bonds is 7. The van der Waals surface area contributed by atoms with Crippen molar-refractivity contribution in [2.24, 2.45) is 0 Å². The number of benzene rings is 1. The van der Waals surface area contributed by atoms with Crippen LogP contribution in [-0.4, -0.2) is 91.1 Å². The first-order valence-electron chi connectivity index (χ1n) is 12.9. The fraction of sp³-hybridized carbons (Fsp3) is 0.464. The summed E-state index contributed by atoms with van der Waals surface area (Å²) in [5.41, 5.74) is 3.63. The second-order valence-electron chi connectivity index (χ2n) is 10.0. The number of fused-ring (bicyclic) bond motifs is 1. The van der Waals surface area contributed by atoms with Crippen molar-refractivity contribution in [2.75, 3.05) is 47.6 Å². The first-order chi connectivity index (χ1) is 18.2. The second kappa shape index (κ2) is 12.2. The summed E-state index contributed by atoms with van der Waals surface area (Å²) in [5, 5.41) is 0.997. The van der Waals surface area contributed by atoms with Crippen LogP contribution >= 0.6 is 0 Å². The van der Waals surface area contributed by atoms with Gasteiger partial charge in [-0.15, -0.1) is 0 Å². The monoisotopic (exact) mass is 524 g/mol. The Hall–Kier alpha value is -3.79. The third-order valence-corrected chi connectivity index (χ3v) is 6.73. The number of allylic oxidation sites excluding steroid dienone is 1. The molecule has 0 N–H and O–H groups in total. The van der Waals surface area contributed by atoms with E-state index in [-0.39, 0.29) is 12.0 Å². The van der Waals surface area contributed by atoms with Crippen molar-refractivity contribution >= 4 is 29.1 Å². The molecule has 10 nitrogen and oxygen atoms in total. The van der Waals surface area contributed by atoms with Crippen LogP contribution in [0.5, 0.6) is 0 Å². The van der Waals surface area contributed by atoms with Crippen LogP contribution in [0.2, 0.25) is 0 Å². The molecular weight excluding hydrogens is 488 g/mol. The van der Waals surface area contributed by atoms with Crippen molar-refractivity contribution in [3.63, 3.8) is 0 Å². The van der Waals surface area contributed by atoms with Crippen LogP contribution in [0.4, 0.5) is 9.59 Å². The number of ether oxygens (including phenoxy) is 3. The molecule has 1 aromatic heterocycles. The Bertz CT molecular complexity index is 1240. The molecule has 10 heteroatoms. The van der Waals surface area contributed by atoms with Gasteiger partial charge in [0.05, 0.1) is 5.52 Å². The number of nitrogens with zero attached hydrogens (tertiary/aromatic N) is 4. The van der Waals surface area contributed by atoms with Gasteiger partial charge in [0.25, 0.3) is 5.91 Å². The smallest absolute Gasteiger partial charge is 0.431 e. The number of aryl methyl sites for hydroxylation is 1. The molecule has 2 aliphatic rings. The first-order valence-corrected chi connectivity index (χ1v) is 12.9. The molecule has 0 atom stereocenters. The molecule has 0 unspecified atom stereocenters. The number of piperidine rings is 1. The zero-order chi connectivity index (χ0) is 27.2. The van der Waals surface area contributed by atoms with Gasteiger partial charge < -0.3 is 28.9 Å². The molecule has 1 amide bonds. The van der Waals surface area contributed by atoms with Gasteiger partial charge in [0.15, 0.2) is 0 Å². The number of carbonyl (C=O) groups is 3. The van der Waals surface area contributed by atoms with E-state index in [0.29, 0.717) is 32.4 Å². The van der Waals surface area contributed by atoms with Crippen LogP contribution in [0.15, 0.2) is 48.4 Å². The zero-order valence-corrected chi connectivity index (χ0v) is 22.5. The highest BCUT2D eigenvalue weighted by molar-refractivity contribution is 5.94. The minimum Gasteiger partial charge on any atom is -0.431 e. The number of hydrogen-bond acceptors (Lipinski definition) is 8. The lowest BCUT2D eigenvalue weighted by atomic mass is 10.0. The molecule has 2 aromatic rings. The Morgan fingerprint density at radius 3 is 2.58 bits per heavy atom. The van der Waals surface area contributed by atoms with Gasteiger partial charge in [-0.25, -0.2) is 9.59 Å². The topological polar surface area (TPSA) is 93.5 Å². The van der Waals surface area contributed by atoms with E-state index < -0.39 is 19.0 Å². The average molecular weight is 525 g/mol. The summed E-state index contributed by atoms with van der Waals surface area (Å²) in [6.45, 7) is 3.29. The SMILES string of the molecule is Cc1ccc2c(c1)c(CCN(C)C)cn2C(=O)OCOC(=O)OC1CCN(C(=O)C2=CN(C)C=CC2)CC1. The predicted molar refractivity (Wildman–Crippen MR) is 142 cm³/mol. The number of hydrogen-bond donors (Lipinski definition) is 0. The molecule has 204 valence electrons. The normalized spacial score (nSPS) is 16.1. The average Bonchev–Trinajstić information content (AvgIpc) is 3.25. The Kier molecular flexibility index (Phi) is 8.73. The van der Waals surface area contributed by atoms with Crippen LogP contribution in [0, 0.1) is 6.92 Å². The van der Waals surface area contributed by atoms with Crippen molar-refractivity contribution in [2.45, 2.75) is 38.7 Å². The van der Waals surface area contributed by atoms with Crippen molar-refractivity contribution in [1.29, 1.82) is 0 Å². The number of amides is 1. The summed E-state index contributed by atoms with van der Waals surface area (Å²) >= 11 is 0. The van der Waals surface area contributed by atoms with E-state index in [4.69, 9.17) is 14.2 Å². The lowest BCUT2D eigenvalue weighted by Crippen LogP contribution is -2.42.